The molecule has 0 heterocycles. The standard InChI is InChI=1S/2C21H14N2/c1-3-11-18-16(7-1)9-5-13-20(18)22-15-23-21-14-6-10-17-8-2-4-12-19(17)21;1-3-7-18-13-20(11-9-16(18)5-1)22-15-23-21-12-10-17-6-2-4-8-19(17)14-21/h2*1-14H. The van der Waals surface area contributed by atoms with Gasteiger partial charge in [0.15, 0.2) is 0 Å². The van der Waals surface area contributed by atoms with Gasteiger partial charge in [0.2, 0.25) is 0 Å². The van der Waals surface area contributed by atoms with Crippen LogP contribution in [0.2, 0.25) is 0 Å². The molecule has 0 saturated heterocycles. The van der Waals surface area contributed by atoms with E-state index < -0.39 is 0 Å². The molecule has 0 aliphatic heterocycles. The molecule has 0 bridgehead atoms. The minimum atomic E-state index is 0.855. The fourth-order valence-electron chi connectivity index (χ4n) is 5.38. The smallest absolute Gasteiger partial charge is 0.101 e. The van der Waals surface area contributed by atoms with Gasteiger partial charge in [0.05, 0.1) is 22.7 Å². The van der Waals surface area contributed by atoms with Crippen LogP contribution >= 0.6 is 0 Å². The molecule has 0 N–H and O–H groups in total. The lowest BCUT2D eigenvalue weighted by molar-refractivity contribution is 1.51. The molecule has 0 spiro atoms. The molecular weight excluding hydrogens is 560 g/mol. The molecule has 0 unspecified atom stereocenters. The summed E-state index contributed by atoms with van der Waals surface area (Å²) in [6.45, 7) is 0. The Morgan fingerprint density at radius 3 is 1.13 bits per heavy atom. The lowest BCUT2D eigenvalue weighted by Gasteiger charge is -2.00. The van der Waals surface area contributed by atoms with E-state index in [1.807, 2.05) is 97.1 Å². The molecule has 4 heteroatoms. The highest BCUT2D eigenvalue weighted by Gasteiger charge is 1.99. The van der Waals surface area contributed by atoms with Gasteiger partial charge >= 0.3 is 0 Å². The molecule has 8 aromatic carbocycles. The summed E-state index contributed by atoms with van der Waals surface area (Å²) >= 11 is 0. The van der Waals surface area contributed by atoms with Crippen LogP contribution in [0.3, 0.4) is 0 Å². The molecule has 0 fully saturated rings. The number of fused-ring (bicyclic) bond motifs is 4. The Hall–Kier alpha value is -6.44. The van der Waals surface area contributed by atoms with Gasteiger partial charge in [-0.25, -0.2) is 0 Å². The largest absolute Gasteiger partial charge is 0.188 e. The molecule has 0 aliphatic rings. The third kappa shape index (κ3) is 6.55. The minimum Gasteiger partial charge on any atom is -0.188 e. The Labute approximate surface area is 267 Å². The summed E-state index contributed by atoms with van der Waals surface area (Å²) in [6.07, 6.45) is 0. The summed E-state index contributed by atoms with van der Waals surface area (Å²) in [4.78, 5) is 17.5. The molecule has 0 radical (unpaired) electrons. The van der Waals surface area contributed by atoms with Crippen LogP contribution in [0.5, 0.6) is 0 Å². The van der Waals surface area contributed by atoms with E-state index in [4.69, 9.17) is 0 Å². The number of benzene rings is 8. The van der Waals surface area contributed by atoms with Crippen molar-refractivity contribution in [2.75, 3.05) is 0 Å². The Kier molecular flexibility index (Phi) is 8.30. The van der Waals surface area contributed by atoms with E-state index >= 15 is 0 Å². The first-order valence-corrected chi connectivity index (χ1v) is 15.1. The van der Waals surface area contributed by atoms with Gasteiger partial charge < -0.3 is 0 Å². The van der Waals surface area contributed by atoms with Gasteiger partial charge in [-0.05, 0) is 68.7 Å². The van der Waals surface area contributed by atoms with E-state index in [0.29, 0.717) is 0 Å². The molecule has 0 atom stereocenters. The number of hydrogen-bond acceptors (Lipinski definition) is 4. The van der Waals surface area contributed by atoms with Gasteiger partial charge in [0, 0.05) is 10.8 Å². The second-order valence-corrected chi connectivity index (χ2v) is 10.7. The summed E-state index contributed by atoms with van der Waals surface area (Å²) in [5.41, 5.74) is 3.47. The van der Waals surface area contributed by atoms with Crippen molar-refractivity contribution in [2.45, 2.75) is 0 Å². The highest BCUT2D eigenvalue weighted by Crippen LogP contribution is 2.27. The molecule has 8 rings (SSSR count). The average Bonchev–Trinajstić information content (AvgIpc) is 3.12. The summed E-state index contributed by atoms with van der Waals surface area (Å²) < 4.78 is 0. The second-order valence-electron chi connectivity index (χ2n) is 10.7. The zero-order valence-electron chi connectivity index (χ0n) is 25.0. The van der Waals surface area contributed by atoms with Gasteiger partial charge in [-0.1, -0.05) is 133 Å². The quantitative estimate of drug-likeness (QED) is 0.184. The van der Waals surface area contributed by atoms with Gasteiger partial charge in [-0.15, -0.1) is 0 Å². The number of aliphatic imine (C=N–C) groups is 4. The van der Waals surface area contributed by atoms with Crippen molar-refractivity contribution < 1.29 is 0 Å². The molecule has 8 aromatic rings. The van der Waals surface area contributed by atoms with E-state index in [2.05, 4.69) is 105 Å². The maximum absolute atomic E-state index is 4.42. The molecule has 46 heavy (non-hydrogen) atoms. The van der Waals surface area contributed by atoms with Crippen LogP contribution in [0.4, 0.5) is 22.7 Å². The molecule has 0 amide bonds. The minimum absolute atomic E-state index is 0.855. The summed E-state index contributed by atoms with van der Waals surface area (Å²) in [6, 6.07) is 62.8. The van der Waals surface area contributed by atoms with E-state index in [-0.39, 0.29) is 0 Å². The maximum atomic E-state index is 4.42. The fraction of sp³-hybridized carbons (Fsp3) is 0. The Bertz CT molecular complexity index is 2290. The highest BCUT2D eigenvalue weighted by atomic mass is 14.8. The lowest BCUT2D eigenvalue weighted by Crippen LogP contribution is -1.73. The molecule has 216 valence electrons. The van der Waals surface area contributed by atoms with Gasteiger partial charge in [-0.3, -0.25) is 0 Å². The fourth-order valence-corrected chi connectivity index (χ4v) is 5.38. The summed E-state index contributed by atoms with van der Waals surface area (Å²) in [5, 5.41) is 9.30. The Morgan fingerprint density at radius 1 is 0.283 bits per heavy atom. The van der Waals surface area contributed by atoms with Crippen molar-refractivity contribution in [1.82, 2.24) is 0 Å². The molecule has 4 nitrogen and oxygen atoms in total. The Morgan fingerprint density at radius 2 is 0.652 bits per heavy atom. The van der Waals surface area contributed by atoms with Gasteiger partial charge in [-0.2, -0.15) is 20.0 Å². The third-order valence-electron chi connectivity index (χ3n) is 7.70. The van der Waals surface area contributed by atoms with E-state index in [1.165, 1.54) is 32.3 Å². The van der Waals surface area contributed by atoms with Crippen molar-refractivity contribution in [3.8, 4) is 0 Å². The van der Waals surface area contributed by atoms with Crippen molar-refractivity contribution in [2.24, 2.45) is 20.0 Å². The normalized spacial score (nSPS) is 10.4. The molecule has 0 aromatic heterocycles. The Balaban J connectivity index is 0.000000147. The lowest BCUT2D eigenvalue weighted by atomic mass is 10.1. The number of nitrogens with zero attached hydrogens (tertiary/aromatic N) is 4. The first-order chi connectivity index (χ1) is 22.8. The topological polar surface area (TPSA) is 49.4 Å². The van der Waals surface area contributed by atoms with Crippen LogP contribution in [0.1, 0.15) is 0 Å². The van der Waals surface area contributed by atoms with Crippen LogP contribution in [-0.2, 0) is 0 Å². The first kappa shape index (κ1) is 28.3. The highest BCUT2D eigenvalue weighted by molar-refractivity contribution is 5.95. The maximum Gasteiger partial charge on any atom is 0.101 e. The predicted octanol–water partition coefficient (Wildman–Crippen LogP) is 12.3. The number of rotatable bonds is 4. The van der Waals surface area contributed by atoms with Gasteiger partial charge in [0.1, 0.15) is 12.0 Å². The first-order valence-electron chi connectivity index (χ1n) is 15.1. The second kappa shape index (κ2) is 13.5. The van der Waals surface area contributed by atoms with Crippen LogP contribution < -0.4 is 0 Å². The van der Waals surface area contributed by atoms with Crippen LogP contribution in [0, 0.1) is 0 Å². The van der Waals surface area contributed by atoms with E-state index in [0.717, 1.165) is 33.5 Å². The van der Waals surface area contributed by atoms with Gasteiger partial charge in [0.25, 0.3) is 0 Å². The van der Waals surface area contributed by atoms with Crippen molar-refractivity contribution in [1.29, 1.82) is 0 Å². The number of hydrogen-bond donors (Lipinski definition) is 0. The predicted molar refractivity (Wildman–Crippen MR) is 194 cm³/mol. The third-order valence-corrected chi connectivity index (χ3v) is 7.70. The molecule has 0 saturated carbocycles. The molecule has 0 aliphatic carbocycles. The molecular formula is C42H28N4. The van der Waals surface area contributed by atoms with Crippen LogP contribution in [-0.4, -0.2) is 12.0 Å². The van der Waals surface area contributed by atoms with E-state index in [9.17, 15) is 0 Å². The average molecular weight is 589 g/mol. The van der Waals surface area contributed by atoms with Crippen molar-refractivity contribution in [3.63, 3.8) is 0 Å². The summed E-state index contributed by atoms with van der Waals surface area (Å²) in [5.74, 6) is 0. The van der Waals surface area contributed by atoms with E-state index in [1.54, 1.807) is 0 Å². The zero-order valence-corrected chi connectivity index (χ0v) is 25.0. The SMILES string of the molecule is C(=Nc1ccc2ccccc2c1)=Nc1ccc2ccccc2c1.C(=Nc1cccc2ccccc12)=Nc1cccc2ccccc12. The monoisotopic (exact) mass is 588 g/mol. The zero-order chi connectivity index (χ0) is 31.0. The van der Waals surface area contributed by atoms with Crippen molar-refractivity contribution in [3.05, 3.63) is 170 Å². The van der Waals surface area contributed by atoms with Crippen LogP contribution in [0.15, 0.2) is 190 Å². The van der Waals surface area contributed by atoms with Crippen molar-refractivity contribution >= 4 is 77.9 Å². The summed E-state index contributed by atoms with van der Waals surface area (Å²) in [7, 11) is 0. The van der Waals surface area contributed by atoms with Crippen LogP contribution in [0.25, 0.3) is 43.1 Å².